The Hall–Kier alpha value is -0.940. The molecule has 0 saturated heterocycles. The van der Waals surface area contributed by atoms with Crippen LogP contribution in [0.4, 0.5) is 4.39 Å². The third-order valence-corrected chi connectivity index (χ3v) is 4.72. The van der Waals surface area contributed by atoms with Gasteiger partial charge in [-0.3, -0.25) is 0 Å². The summed E-state index contributed by atoms with van der Waals surface area (Å²) in [6.07, 6.45) is 0. The Morgan fingerprint density at radius 2 is 1.72 bits per heavy atom. The molecule has 0 heterocycles. The minimum atomic E-state index is -3.40. The highest BCUT2D eigenvalue weighted by atomic mass is 32.2. The number of rotatable bonds is 4. The van der Waals surface area contributed by atoms with Gasteiger partial charge in [0.1, 0.15) is 5.82 Å². The molecule has 5 heteroatoms. The van der Waals surface area contributed by atoms with Crippen molar-refractivity contribution in [3.8, 4) is 0 Å². The lowest BCUT2D eigenvalue weighted by Crippen LogP contribution is -2.43. The smallest absolute Gasteiger partial charge is 0.179 e. The van der Waals surface area contributed by atoms with E-state index in [1.54, 1.807) is 7.05 Å². The van der Waals surface area contributed by atoms with E-state index in [1.165, 1.54) is 24.3 Å². The molecule has 3 nitrogen and oxygen atoms in total. The number of halogens is 1. The molecule has 0 spiro atoms. The van der Waals surface area contributed by atoms with Crippen LogP contribution in [0.1, 0.15) is 20.8 Å². The standard InChI is InChI=1S/C13H20FNO2S/c1-13(2,3)12(15-4)9-18(16,17)11-7-5-10(14)6-8-11/h5-8,12,15H,9H2,1-4H3. The third kappa shape index (κ3) is 3.78. The Kier molecular flexibility index (Phi) is 4.50. The molecule has 102 valence electrons. The van der Waals surface area contributed by atoms with Gasteiger partial charge in [-0.1, -0.05) is 20.8 Å². The first kappa shape index (κ1) is 15.1. The van der Waals surface area contributed by atoms with Crippen molar-refractivity contribution in [2.45, 2.75) is 31.7 Å². The summed E-state index contributed by atoms with van der Waals surface area (Å²) in [7, 11) is -1.65. The quantitative estimate of drug-likeness (QED) is 0.856. The van der Waals surface area contributed by atoms with Crippen LogP contribution in [-0.2, 0) is 9.84 Å². The number of hydrogen-bond donors (Lipinski definition) is 1. The van der Waals surface area contributed by atoms with E-state index in [2.05, 4.69) is 5.32 Å². The second-order valence-corrected chi connectivity index (χ2v) is 7.48. The van der Waals surface area contributed by atoms with Crippen molar-refractivity contribution in [2.24, 2.45) is 5.41 Å². The van der Waals surface area contributed by atoms with Crippen LogP contribution < -0.4 is 5.32 Å². The first-order valence-electron chi connectivity index (χ1n) is 5.82. The van der Waals surface area contributed by atoms with E-state index in [9.17, 15) is 12.8 Å². The summed E-state index contributed by atoms with van der Waals surface area (Å²) >= 11 is 0. The van der Waals surface area contributed by atoms with Crippen molar-refractivity contribution in [1.82, 2.24) is 5.32 Å². The van der Waals surface area contributed by atoms with Crippen molar-refractivity contribution in [1.29, 1.82) is 0 Å². The van der Waals surface area contributed by atoms with Gasteiger partial charge in [0, 0.05) is 6.04 Å². The molecule has 0 amide bonds. The van der Waals surface area contributed by atoms with Crippen molar-refractivity contribution in [3.63, 3.8) is 0 Å². The zero-order valence-electron chi connectivity index (χ0n) is 11.2. The van der Waals surface area contributed by atoms with Crippen LogP contribution in [0, 0.1) is 11.2 Å². The van der Waals surface area contributed by atoms with Crippen LogP contribution in [0.5, 0.6) is 0 Å². The fourth-order valence-corrected chi connectivity index (χ4v) is 3.57. The lowest BCUT2D eigenvalue weighted by molar-refractivity contribution is 0.302. The Morgan fingerprint density at radius 1 is 1.22 bits per heavy atom. The van der Waals surface area contributed by atoms with Gasteiger partial charge in [0.25, 0.3) is 0 Å². The van der Waals surface area contributed by atoms with Gasteiger partial charge in [0.15, 0.2) is 9.84 Å². The predicted molar refractivity (Wildman–Crippen MR) is 70.8 cm³/mol. The molecule has 0 aliphatic carbocycles. The highest BCUT2D eigenvalue weighted by molar-refractivity contribution is 7.91. The second-order valence-electron chi connectivity index (χ2n) is 5.44. The highest BCUT2D eigenvalue weighted by Gasteiger charge is 2.29. The molecule has 1 aromatic rings. The molecule has 0 bridgehead atoms. The zero-order valence-corrected chi connectivity index (χ0v) is 12.0. The van der Waals surface area contributed by atoms with Gasteiger partial charge in [-0.15, -0.1) is 0 Å². The molecule has 1 rings (SSSR count). The maximum Gasteiger partial charge on any atom is 0.179 e. The number of nitrogens with one attached hydrogen (secondary N) is 1. The van der Waals surface area contributed by atoms with Crippen LogP contribution in [0.3, 0.4) is 0 Å². The molecule has 0 aliphatic rings. The van der Waals surface area contributed by atoms with Gasteiger partial charge in [0.2, 0.25) is 0 Å². The maximum absolute atomic E-state index is 12.8. The van der Waals surface area contributed by atoms with Gasteiger partial charge in [-0.25, -0.2) is 12.8 Å². The fourth-order valence-electron chi connectivity index (χ4n) is 1.72. The van der Waals surface area contributed by atoms with Gasteiger partial charge in [-0.2, -0.15) is 0 Å². The van der Waals surface area contributed by atoms with Crippen LogP contribution in [0.25, 0.3) is 0 Å². The summed E-state index contributed by atoms with van der Waals surface area (Å²) in [5, 5.41) is 3.03. The maximum atomic E-state index is 12.8. The van der Waals surface area contributed by atoms with E-state index in [-0.39, 0.29) is 22.1 Å². The average Bonchev–Trinajstić information content (AvgIpc) is 2.25. The minimum absolute atomic E-state index is 0.00136. The number of sulfone groups is 1. The van der Waals surface area contributed by atoms with E-state index in [4.69, 9.17) is 0 Å². The number of hydrogen-bond acceptors (Lipinski definition) is 3. The fraction of sp³-hybridized carbons (Fsp3) is 0.538. The van der Waals surface area contributed by atoms with E-state index < -0.39 is 15.7 Å². The molecule has 1 N–H and O–H groups in total. The van der Waals surface area contributed by atoms with Gasteiger partial charge in [-0.05, 0) is 36.7 Å². The topological polar surface area (TPSA) is 46.2 Å². The second kappa shape index (κ2) is 5.36. The summed E-state index contributed by atoms with van der Waals surface area (Å²) in [5.74, 6) is -0.437. The van der Waals surface area contributed by atoms with Gasteiger partial charge < -0.3 is 5.32 Å². The van der Waals surface area contributed by atoms with Gasteiger partial charge >= 0.3 is 0 Å². The lowest BCUT2D eigenvalue weighted by Gasteiger charge is -2.30. The first-order valence-corrected chi connectivity index (χ1v) is 7.47. The van der Waals surface area contributed by atoms with E-state index in [0.717, 1.165) is 0 Å². The first-order chi connectivity index (χ1) is 8.16. The molecular formula is C13H20FNO2S. The molecule has 18 heavy (non-hydrogen) atoms. The molecule has 1 atom stereocenters. The molecular weight excluding hydrogens is 253 g/mol. The SMILES string of the molecule is CNC(CS(=O)(=O)c1ccc(F)cc1)C(C)(C)C. The van der Waals surface area contributed by atoms with Crippen molar-refractivity contribution in [3.05, 3.63) is 30.1 Å². The van der Waals surface area contributed by atoms with Crippen molar-refractivity contribution >= 4 is 9.84 Å². The van der Waals surface area contributed by atoms with E-state index in [0.29, 0.717) is 0 Å². The normalized spacial score (nSPS) is 14.5. The van der Waals surface area contributed by atoms with Gasteiger partial charge in [0.05, 0.1) is 10.6 Å². The molecule has 0 fully saturated rings. The molecule has 0 aromatic heterocycles. The zero-order chi connectivity index (χ0) is 14.0. The summed E-state index contributed by atoms with van der Waals surface area (Å²) in [5.41, 5.74) is -0.165. The van der Waals surface area contributed by atoms with Crippen LogP contribution in [0.2, 0.25) is 0 Å². The summed E-state index contributed by atoms with van der Waals surface area (Å²) < 4.78 is 37.2. The predicted octanol–water partition coefficient (Wildman–Crippen LogP) is 2.23. The average molecular weight is 273 g/mol. The Bertz CT molecular complexity index is 489. The van der Waals surface area contributed by atoms with Crippen LogP contribution in [-0.4, -0.2) is 27.3 Å². The summed E-state index contributed by atoms with van der Waals surface area (Å²) in [6, 6.07) is 4.78. The largest absolute Gasteiger partial charge is 0.315 e. The summed E-state index contributed by atoms with van der Waals surface area (Å²) in [6.45, 7) is 5.94. The molecule has 0 radical (unpaired) electrons. The third-order valence-electron chi connectivity index (χ3n) is 2.95. The van der Waals surface area contributed by atoms with Crippen molar-refractivity contribution in [2.75, 3.05) is 12.8 Å². The summed E-state index contributed by atoms with van der Waals surface area (Å²) in [4.78, 5) is 0.161. The highest BCUT2D eigenvalue weighted by Crippen LogP contribution is 2.23. The van der Waals surface area contributed by atoms with Crippen LogP contribution in [0.15, 0.2) is 29.2 Å². The molecule has 1 aromatic carbocycles. The molecule has 1 unspecified atom stereocenters. The number of benzene rings is 1. The van der Waals surface area contributed by atoms with Crippen molar-refractivity contribution < 1.29 is 12.8 Å². The monoisotopic (exact) mass is 273 g/mol. The van der Waals surface area contributed by atoms with E-state index in [1.807, 2.05) is 20.8 Å². The lowest BCUT2D eigenvalue weighted by atomic mass is 9.88. The van der Waals surface area contributed by atoms with E-state index >= 15 is 0 Å². The molecule has 0 aliphatic heterocycles. The Morgan fingerprint density at radius 3 is 2.11 bits per heavy atom. The Balaban J connectivity index is 2.98. The van der Waals surface area contributed by atoms with Crippen LogP contribution >= 0.6 is 0 Å². The molecule has 0 saturated carbocycles. The Labute approximate surface area is 108 Å². The minimum Gasteiger partial charge on any atom is -0.315 e.